The molecule has 2 aromatic carbocycles. The zero-order chi connectivity index (χ0) is 19.3. The molecule has 1 aliphatic heterocycles. The fourth-order valence-electron chi connectivity index (χ4n) is 3.36. The van der Waals surface area contributed by atoms with Crippen LogP contribution in [0.1, 0.15) is 17.3 Å². The Morgan fingerprint density at radius 3 is 2.25 bits per heavy atom. The van der Waals surface area contributed by atoms with Gasteiger partial charge < -0.3 is 15.1 Å². The lowest BCUT2D eigenvalue weighted by Gasteiger charge is -2.36. The Morgan fingerprint density at radius 1 is 0.893 bits per heavy atom. The summed E-state index contributed by atoms with van der Waals surface area (Å²) in [6.07, 6.45) is 1.59. The van der Waals surface area contributed by atoms with Crippen molar-refractivity contribution in [2.45, 2.75) is 6.92 Å². The Kier molecular flexibility index (Phi) is 5.19. The van der Waals surface area contributed by atoms with Gasteiger partial charge in [-0.3, -0.25) is 4.79 Å². The van der Waals surface area contributed by atoms with Crippen LogP contribution in [0.3, 0.4) is 0 Å². The molecule has 2 heterocycles. The van der Waals surface area contributed by atoms with Crippen molar-refractivity contribution in [3.05, 3.63) is 72.6 Å². The van der Waals surface area contributed by atoms with Crippen molar-refractivity contribution in [2.24, 2.45) is 0 Å². The first-order valence-electron chi connectivity index (χ1n) is 9.44. The fourth-order valence-corrected chi connectivity index (χ4v) is 3.36. The Hall–Kier alpha value is -3.41. The third kappa shape index (κ3) is 4.11. The molecule has 142 valence electrons. The van der Waals surface area contributed by atoms with Gasteiger partial charge in [0.1, 0.15) is 18.0 Å². The van der Waals surface area contributed by atoms with Crippen LogP contribution in [0.25, 0.3) is 0 Å². The first-order chi connectivity index (χ1) is 13.7. The SMILES string of the molecule is CC(=O)c1ccc(Nc2cc(N3CCN(c4ccccc4)CC3)ncn2)cc1. The maximum atomic E-state index is 11.4. The second-order valence-electron chi connectivity index (χ2n) is 6.83. The van der Waals surface area contributed by atoms with Gasteiger partial charge in [-0.25, -0.2) is 9.97 Å². The quantitative estimate of drug-likeness (QED) is 0.688. The molecule has 28 heavy (non-hydrogen) atoms. The van der Waals surface area contributed by atoms with E-state index in [4.69, 9.17) is 0 Å². The average molecular weight is 373 g/mol. The molecule has 1 saturated heterocycles. The summed E-state index contributed by atoms with van der Waals surface area (Å²) in [5.41, 5.74) is 2.86. The predicted octanol–water partition coefficient (Wildman–Crippen LogP) is 3.75. The van der Waals surface area contributed by atoms with Gasteiger partial charge in [0.15, 0.2) is 5.78 Å². The summed E-state index contributed by atoms with van der Waals surface area (Å²) in [6, 6.07) is 19.9. The molecule has 0 spiro atoms. The molecule has 0 aliphatic carbocycles. The lowest BCUT2D eigenvalue weighted by Crippen LogP contribution is -2.46. The molecule has 0 atom stereocenters. The van der Waals surface area contributed by atoms with Gasteiger partial charge in [-0.1, -0.05) is 18.2 Å². The van der Waals surface area contributed by atoms with Crippen molar-refractivity contribution >= 4 is 28.8 Å². The molecule has 6 nitrogen and oxygen atoms in total. The summed E-state index contributed by atoms with van der Waals surface area (Å²) in [5.74, 6) is 1.72. The number of Topliss-reactive ketones (excluding diaryl/α,β-unsaturated/α-hetero) is 1. The number of rotatable bonds is 5. The molecule has 0 radical (unpaired) electrons. The van der Waals surface area contributed by atoms with Crippen LogP contribution in [-0.4, -0.2) is 41.9 Å². The van der Waals surface area contributed by atoms with Crippen molar-refractivity contribution in [1.29, 1.82) is 0 Å². The second-order valence-corrected chi connectivity index (χ2v) is 6.83. The molecule has 0 unspecified atom stereocenters. The van der Waals surface area contributed by atoms with Gasteiger partial charge in [0.25, 0.3) is 0 Å². The minimum atomic E-state index is 0.0607. The Balaban J connectivity index is 1.41. The highest BCUT2D eigenvalue weighted by Crippen LogP contribution is 2.22. The molecule has 0 amide bonds. The fraction of sp³-hybridized carbons (Fsp3) is 0.227. The highest BCUT2D eigenvalue weighted by molar-refractivity contribution is 5.94. The number of nitrogens with zero attached hydrogens (tertiary/aromatic N) is 4. The number of carbonyl (C=O) groups excluding carboxylic acids is 1. The lowest BCUT2D eigenvalue weighted by molar-refractivity contribution is 0.101. The maximum Gasteiger partial charge on any atom is 0.159 e. The molecular formula is C22H23N5O. The average Bonchev–Trinajstić information content (AvgIpc) is 2.75. The molecule has 3 aromatic rings. The number of para-hydroxylation sites is 1. The Morgan fingerprint density at radius 2 is 1.57 bits per heavy atom. The van der Waals surface area contributed by atoms with E-state index in [2.05, 4.69) is 49.4 Å². The summed E-state index contributed by atoms with van der Waals surface area (Å²) in [4.78, 5) is 24.9. The van der Waals surface area contributed by atoms with Gasteiger partial charge in [-0.2, -0.15) is 0 Å². The number of hydrogen-bond acceptors (Lipinski definition) is 6. The summed E-state index contributed by atoms with van der Waals surface area (Å²) >= 11 is 0. The van der Waals surface area contributed by atoms with Gasteiger partial charge in [0, 0.05) is 49.2 Å². The second kappa shape index (κ2) is 8.08. The molecule has 6 heteroatoms. The third-order valence-electron chi connectivity index (χ3n) is 4.94. The predicted molar refractivity (Wildman–Crippen MR) is 113 cm³/mol. The highest BCUT2D eigenvalue weighted by Gasteiger charge is 2.18. The van der Waals surface area contributed by atoms with Crippen molar-refractivity contribution in [1.82, 2.24) is 9.97 Å². The van der Waals surface area contributed by atoms with E-state index >= 15 is 0 Å². The molecule has 4 rings (SSSR count). The number of nitrogens with one attached hydrogen (secondary N) is 1. The molecule has 1 aromatic heterocycles. The largest absolute Gasteiger partial charge is 0.368 e. The number of carbonyl (C=O) groups is 1. The highest BCUT2D eigenvalue weighted by atomic mass is 16.1. The van der Waals surface area contributed by atoms with Crippen molar-refractivity contribution in [3.8, 4) is 0 Å². The van der Waals surface area contributed by atoms with Crippen LogP contribution >= 0.6 is 0 Å². The van der Waals surface area contributed by atoms with E-state index in [9.17, 15) is 4.79 Å². The van der Waals surface area contributed by atoms with Crippen LogP contribution in [0, 0.1) is 0 Å². The minimum Gasteiger partial charge on any atom is -0.368 e. The maximum absolute atomic E-state index is 11.4. The summed E-state index contributed by atoms with van der Waals surface area (Å²) in [6.45, 7) is 5.32. The van der Waals surface area contributed by atoms with Crippen molar-refractivity contribution < 1.29 is 4.79 Å². The van der Waals surface area contributed by atoms with Gasteiger partial charge >= 0.3 is 0 Å². The van der Waals surface area contributed by atoms with E-state index in [1.807, 2.05) is 36.4 Å². The van der Waals surface area contributed by atoms with Crippen LogP contribution in [0.2, 0.25) is 0 Å². The van der Waals surface area contributed by atoms with Gasteiger partial charge in [-0.05, 0) is 43.3 Å². The van der Waals surface area contributed by atoms with Gasteiger partial charge in [-0.15, -0.1) is 0 Å². The number of anilines is 4. The monoisotopic (exact) mass is 373 g/mol. The molecular weight excluding hydrogens is 350 g/mol. The third-order valence-corrected chi connectivity index (χ3v) is 4.94. The molecule has 1 N–H and O–H groups in total. The number of aromatic nitrogens is 2. The number of hydrogen-bond donors (Lipinski definition) is 1. The van der Waals surface area contributed by atoms with E-state index in [-0.39, 0.29) is 5.78 Å². The van der Waals surface area contributed by atoms with Crippen molar-refractivity contribution in [2.75, 3.05) is 41.3 Å². The number of benzene rings is 2. The van der Waals surface area contributed by atoms with E-state index in [1.165, 1.54) is 5.69 Å². The molecule has 1 aliphatic rings. The first kappa shape index (κ1) is 18.0. The molecule has 0 bridgehead atoms. The van der Waals surface area contributed by atoms with Crippen molar-refractivity contribution in [3.63, 3.8) is 0 Å². The zero-order valence-electron chi connectivity index (χ0n) is 15.9. The van der Waals surface area contributed by atoms with E-state index < -0.39 is 0 Å². The van der Waals surface area contributed by atoms with Crippen LogP contribution in [-0.2, 0) is 0 Å². The smallest absolute Gasteiger partial charge is 0.159 e. The number of piperazine rings is 1. The Bertz CT molecular complexity index is 935. The van der Waals surface area contributed by atoms with Crippen LogP contribution < -0.4 is 15.1 Å². The molecule has 1 fully saturated rings. The summed E-state index contributed by atoms with van der Waals surface area (Å²) in [5, 5.41) is 3.28. The van der Waals surface area contributed by atoms with Gasteiger partial charge in [0.05, 0.1) is 0 Å². The zero-order valence-corrected chi connectivity index (χ0v) is 15.9. The van der Waals surface area contributed by atoms with Crippen LogP contribution in [0.15, 0.2) is 67.0 Å². The van der Waals surface area contributed by atoms with Gasteiger partial charge in [0.2, 0.25) is 0 Å². The van der Waals surface area contributed by atoms with E-state index in [1.54, 1.807) is 13.3 Å². The Labute approximate surface area is 164 Å². The lowest BCUT2D eigenvalue weighted by atomic mass is 10.1. The van der Waals surface area contributed by atoms with Crippen LogP contribution in [0.5, 0.6) is 0 Å². The summed E-state index contributed by atoms with van der Waals surface area (Å²) < 4.78 is 0. The number of ketones is 1. The standard InChI is InChI=1S/C22H23N5O/c1-17(28)18-7-9-19(10-8-18)25-21-15-22(24-16-23-21)27-13-11-26(12-14-27)20-5-3-2-4-6-20/h2-10,15-16H,11-14H2,1H3,(H,23,24,25). The van der Waals surface area contributed by atoms with Crippen LogP contribution in [0.4, 0.5) is 23.0 Å². The topological polar surface area (TPSA) is 61.4 Å². The van der Waals surface area contributed by atoms with E-state index in [0.29, 0.717) is 5.56 Å². The first-order valence-corrected chi connectivity index (χ1v) is 9.44. The van der Waals surface area contributed by atoms with E-state index in [0.717, 1.165) is 43.5 Å². The minimum absolute atomic E-state index is 0.0607. The normalized spacial score (nSPS) is 14.0. The summed E-state index contributed by atoms with van der Waals surface area (Å²) in [7, 11) is 0. The molecule has 0 saturated carbocycles.